The molecule has 2 heterocycles. The van der Waals surface area contributed by atoms with Gasteiger partial charge in [0.1, 0.15) is 0 Å². The Bertz CT molecular complexity index is 238. The quantitative estimate of drug-likeness (QED) is 0.713. The van der Waals surface area contributed by atoms with E-state index >= 15 is 0 Å². The fourth-order valence-corrected chi connectivity index (χ4v) is 2.82. The van der Waals surface area contributed by atoms with E-state index in [1.807, 2.05) is 0 Å². The molecule has 2 aliphatic rings. The van der Waals surface area contributed by atoms with Gasteiger partial charge < -0.3 is 15.5 Å². The van der Waals surface area contributed by atoms with Gasteiger partial charge in [-0.05, 0) is 45.7 Å². The Balaban J connectivity index is 1.67. The number of nitrogens with zero attached hydrogens (tertiary/aromatic N) is 1. The smallest absolute Gasteiger partial charge is 0.0610 e. The predicted octanol–water partition coefficient (Wildman–Crippen LogP) is 1.72. The molecule has 0 aromatic rings. The molecular formula is C14H27N3. The SMILES string of the molecule is CC=C(CCN1CCCCC1)CC1NCCN1. The highest BCUT2D eigenvalue weighted by atomic mass is 15.2. The molecule has 0 atom stereocenters. The molecule has 17 heavy (non-hydrogen) atoms. The van der Waals surface area contributed by atoms with Crippen LogP contribution in [0.3, 0.4) is 0 Å². The second-order valence-electron chi connectivity index (χ2n) is 5.26. The number of hydrogen-bond donors (Lipinski definition) is 2. The molecule has 0 saturated carbocycles. The third-order valence-electron chi connectivity index (χ3n) is 3.98. The van der Waals surface area contributed by atoms with Crippen molar-refractivity contribution in [1.29, 1.82) is 0 Å². The van der Waals surface area contributed by atoms with E-state index in [4.69, 9.17) is 0 Å². The van der Waals surface area contributed by atoms with E-state index in [0.717, 1.165) is 13.1 Å². The molecule has 0 aromatic carbocycles. The molecule has 2 N–H and O–H groups in total. The van der Waals surface area contributed by atoms with E-state index in [-0.39, 0.29) is 0 Å². The van der Waals surface area contributed by atoms with Gasteiger partial charge in [-0.25, -0.2) is 0 Å². The number of rotatable bonds is 5. The first-order chi connectivity index (χ1) is 8.38. The topological polar surface area (TPSA) is 27.3 Å². The van der Waals surface area contributed by atoms with E-state index < -0.39 is 0 Å². The monoisotopic (exact) mass is 237 g/mol. The number of likely N-dealkylation sites (tertiary alicyclic amines) is 1. The third kappa shape index (κ3) is 4.41. The average Bonchev–Trinajstić information content (AvgIpc) is 2.88. The van der Waals surface area contributed by atoms with Gasteiger partial charge in [-0.15, -0.1) is 0 Å². The van der Waals surface area contributed by atoms with Crippen molar-refractivity contribution in [3.05, 3.63) is 11.6 Å². The van der Waals surface area contributed by atoms with Crippen LogP contribution in [0.15, 0.2) is 11.6 Å². The van der Waals surface area contributed by atoms with Crippen LogP contribution in [0, 0.1) is 0 Å². The molecule has 0 radical (unpaired) electrons. The van der Waals surface area contributed by atoms with Gasteiger partial charge in [-0.3, -0.25) is 0 Å². The standard InChI is InChI=1S/C14H27N3/c1-2-13(12-14-15-7-8-16-14)6-11-17-9-4-3-5-10-17/h2,14-16H,3-12H2,1H3. The first kappa shape index (κ1) is 13.1. The van der Waals surface area contributed by atoms with Crippen LogP contribution in [0.5, 0.6) is 0 Å². The molecule has 0 bridgehead atoms. The highest BCUT2D eigenvalue weighted by molar-refractivity contribution is 5.04. The zero-order valence-corrected chi connectivity index (χ0v) is 11.2. The Kier molecular flexibility index (Phi) is 5.49. The zero-order valence-electron chi connectivity index (χ0n) is 11.2. The molecule has 0 aliphatic carbocycles. The molecule has 2 fully saturated rings. The van der Waals surface area contributed by atoms with Gasteiger partial charge in [0.25, 0.3) is 0 Å². The molecule has 0 unspecified atom stereocenters. The highest BCUT2D eigenvalue weighted by Gasteiger charge is 2.15. The fourth-order valence-electron chi connectivity index (χ4n) is 2.82. The predicted molar refractivity (Wildman–Crippen MR) is 73.1 cm³/mol. The molecule has 0 aromatic heterocycles. The van der Waals surface area contributed by atoms with E-state index in [1.165, 1.54) is 51.7 Å². The van der Waals surface area contributed by atoms with E-state index in [2.05, 4.69) is 28.5 Å². The molecule has 0 amide bonds. The van der Waals surface area contributed by atoms with E-state index in [0.29, 0.717) is 6.17 Å². The lowest BCUT2D eigenvalue weighted by Crippen LogP contribution is -2.33. The molecule has 3 heteroatoms. The molecule has 2 aliphatic heterocycles. The van der Waals surface area contributed by atoms with E-state index in [1.54, 1.807) is 5.57 Å². The van der Waals surface area contributed by atoms with Crippen molar-refractivity contribution < 1.29 is 0 Å². The Morgan fingerprint density at radius 3 is 2.53 bits per heavy atom. The maximum absolute atomic E-state index is 3.49. The van der Waals surface area contributed by atoms with Gasteiger partial charge in [-0.2, -0.15) is 0 Å². The number of allylic oxidation sites excluding steroid dienone is 1. The van der Waals surface area contributed by atoms with E-state index in [9.17, 15) is 0 Å². The highest BCUT2D eigenvalue weighted by Crippen LogP contribution is 2.14. The van der Waals surface area contributed by atoms with Crippen molar-refractivity contribution in [3.63, 3.8) is 0 Å². The number of nitrogens with one attached hydrogen (secondary N) is 2. The van der Waals surface area contributed by atoms with Crippen LogP contribution in [-0.4, -0.2) is 43.8 Å². The second-order valence-corrected chi connectivity index (χ2v) is 5.26. The van der Waals surface area contributed by atoms with Gasteiger partial charge in [0.15, 0.2) is 0 Å². The first-order valence-corrected chi connectivity index (χ1v) is 7.21. The Morgan fingerprint density at radius 1 is 1.18 bits per heavy atom. The van der Waals surface area contributed by atoms with Gasteiger partial charge in [0.05, 0.1) is 6.17 Å². The number of hydrogen-bond acceptors (Lipinski definition) is 3. The minimum atomic E-state index is 0.516. The first-order valence-electron chi connectivity index (χ1n) is 7.21. The van der Waals surface area contributed by atoms with Crippen LogP contribution >= 0.6 is 0 Å². The van der Waals surface area contributed by atoms with Gasteiger partial charge >= 0.3 is 0 Å². The summed E-state index contributed by atoms with van der Waals surface area (Å²) in [5.41, 5.74) is 1.60. The van der Waals surface area contributed by atoms with Crippen LogP contribution in [0.2, 0.25) is 0 Å². The average molecular weight is 237 g/mol. The molecule has 2 saturated heterocycles. The van der Waals surface area contributed by atoms with Crippen molar-refractivity contribution >= 4 is 0 Å². The Morgan fingerprint density at radius 2 is 1.88 bits per heavy atom. The lowest BCUT2D eigenvalue weighted by atomic mass is 10.1. The lowest BCUT2D eigenvalue weighted by molar-refractivity contribution is 0.230. The minimum Gasteiger partial charge on any atom is -0.303 e. The molecule has 98 valence electrons. The Labute approximate surface area is 106 Å². The van der Waals surface area contributed by atoms with Crippen LogP contribution < -0.4 is 10.6 Å². The summed E-state index contributed by atoms with van der Waals surface area (Å²) in [5, 5.41) is 6.99. The van der Waals surface area contributed by atoms with Gasteiger partial charge in [0, 0.05) is 19.6 Å². The summed E-state index contributed by atoms with van der Waals surface area (Å²) >= 11 is 0. The summed E-state index contributed by atoms with van der Waals surface area (Å²) in [6.45, 7) is 8.31. The lowest BCUT2D eigenvalue weighted by Gasteiger charge is -2.27. The summed E-state index contributed by atoms with van der Waals surface area (Å²) < 4.78 is 0. The normalized spacial score (nSPS) is 24.4. The van der Waals surface area contributed by atoms with Crippen molar-refractivity contribution in [2.24, 2.45) is 0 Å². The summed E-state index contributed by atoms with van der Waals surface area (Å²) in [6, 6.07) is 0. The molecule has 2 rings (SSSR count). The van der Waals surface area contributed by atoms with Gasteiger partial charge in [-0.1, -0.05) is 18.1 Å². The van der Waals surface area contributed by atoms with Crippen molar-refractivity contribution in [3.8, 4) is 0 Å². The second kappa shape index (κ2) is 7.14. The van der Waals surface area contributed by atoms with Crippen molar-refractivity contribution in [1.82, 2.24) is 15.5 Å². The minimum absolute atomic E-state index is 0.516. The largest absolute Gasteiger partial charge is 0.303 e. The van der Waals surface area contributed by atoms with Crippen molar-refractivity contribution in [2.75, 3.05) is 32.7 Å². The summed E-state index contributed by atoms with van der Waals surface area (Å²) in [6.07, 6.45) is 9.48. The third-order valence-corrected chi connectivity index (χ3v) is 3.98. The van der Waals surface area contributed by atoms with Crippen molar-refractivity contribution in [2.45, 2.75) is 45.2 Å². The Hall–Kier alpha value is -0.380. The maximum Gasteiger partial charge on any atom is 0.0610 e. The molecule has 3 nitrogen and oxygen atoms in total. The summed E-state index contributed by atoms with van der Waals surface area (Å²) in [7, 11) is 0. The van der Waals surface area contributed by atoms with Crippen LogP contribution in [-0.2, 0) is 0 Å². The number of piperidine rings is 1. The molecule has 0 spiro atoms. The summed E-state index contributed by atoms with van der Waals surface area (Å²) in [4.78, 5) is 2.63. The molecular weight excluding hydrogens is 210 g/mol. The zero-order chi connectivity index (χ0) is 11.9. The van der Waals surface area contributed by atoms with Crippen LogP contribution in [0.25, 0.3) is 0 Å². The van der Waals surface area contributed by atoms with Crippen LogP contribution in [0.4, 0.5) is 0 Å². The summed E-state index contributed by atoms with van der Waals surface area (Å²) in [5.74, 6) is 0. The van der Waals surface area contributed by atoms with Crippen LogP contribution in [0.1, 0.15) is 39.0 Å². The van der Waals surface area contributed by atoms with Gasteiger partial charge in [0.2, 0.25) is 0 Å². The fraction of sp³-hybridized carbons (Fsp3) is 0.857. The maximum atomic E-state index is 3.49.